The van der Waals surface area contributed by atoms with Crippen LogP contribution in [0.1, 0.15) is 0 Å². The maximum absolute atomic E-state index is 6.27. The molecule has 0 aliphatic heterocycles. The number of hydrogen-bond donors (Lipinski definition) is 0. The van der Waals surface area contributed by atoms with Gasteiger partial charge in [-0.05, 0) is 103 Å². The van der Waals surface area contributed by atoms with Gasteiger partial charge in [-0.25, -0.2) is 0 Å². The predicted octanol–water partition coefficient (Wildman–Crippen LogP) is 16.7. The van der Waals surface area contributed by atoms with Gasteiger partial charge in [-0.3, -0.25) is 0 Å². The Kier molecular flexibility index (Phi) is 7.75. The maximum atomic E-state index is 6.27. The number of nitrogens with zero attached hydrogens (tertiary/aromatic N) is 1. The van der Waals surface area contributed by atoms with E-state index in [1.807, 2.05) is 23.5 Å². The van der Waals surface area contributed by atoms with E-state index in [1.165, 1.54) is 69.5 Å². The van der Waals surface area contributed by atoms with Gasteiger partial charge >= 0.3 is 0 Å². The molecule has 2 heterocycles. The summed E-state index contributed by atoms with van der Waals surface area (Å²) in [6, 6.07) is 76.9. The summed E-state index contributed by atoms with van der Waals surface area (Å²) in [7, 11) is 0. The summed E-state index contributed by atoms with van der Waals surface area (Å²) in [5.41, 5.74) is 12.4. The molecule has 0 N–H and O–H groups in total. The van der Waals surface area contributed by atoms with E-state index in [0.717, 1.165) is 44.6 Å². The van der Waals surface area contributed by atoms with Gasteiger partial charge in [0.15, 0.2) is 0 Å². The standard InChI is InChI=1S/C56H35NOS/c1-2-11-37(12-3-1)47-17-8-18-48-49-19-9-20-51(56(49)59-55(47)48)57(43-32-27-39(28-33-43)46-16-10-22-53-54(46)50-15-6-7-21-52(50)58-53)42-30-25-36(26-31-42)40-29-34-45-41(35-40)24-23-38-13-4-5-14-44(38)45/h1-35H. The van der Waals surface area contributed by atoms with Crippen LogP contribution >= 0.6 is 11.3 Å². The topological polar surface area (TPSA) is 16.4 Å². The van der Waals surface area contributed by atoms with Crippen molar-refractivity contribution in [2.45, 2.75) is 0 Å². The summed E-state index contributed by atoms with van der Waals surface area (Å²) in [6.45, 7) is 0. The molecule has 12 rings (SSSR count). The van der Waals surface area contributed by atoms with Gasteiger partial charge in [0.25, 0.3) is 0 Å². The molecule has 0 aliphatic rings. The lowest BCUT2D eigenvalue weighted by atomic mass is 9.97. The number of benzene rings is 10. The first-order valence-electron chi connectivity index (χ1n) is 20.1. The fourth-order valence-electron chi connectivity index (χ4n) is 9.05. The number of rotatable bonds is 6. The molecule has 0 fully saturated rings. The van der Waals surface area contributed by atoms with Gasteiger partial charge < -0.3 is 9.32 Å². The molecule has 0 bridgehead atoms. The minimum absolute atomic E-state index is 0.903. The largest absolute Gasteiger partial charge is 0.456 e. The number of anilines is 3. The fraction of sp³-hybridized carbons (Fsp3) is 0. The highest BCUT2D eigenvalue weighted by Crippen LogP contribution is 2.48. The second-order valence-electron chi connectivity index (χ2n) is 15.2. The Balaban J connectivity index is 1.01. The number of hydrogen-bond acceptors (Lipinski definition) is 3. The molecule has 0 radical (unpaired) electrons. The van der Waals surface area contributed by atoms with Crippen molar-refractivity contribution in [2.24, 2.45) is 0 Å². The third-order valence-electron chi connectivity index (χ3n) is 11.9. The summed E-state index contributed by atoms with van der Waals surface area (Å²) < 4.78 is 8.83. The van der Waals surface area contributed by atoms with Crippen LogP contribution in [0, 0.1) is 0 Å². The van der Waals surface area contributed by atoms with Crippen LogP contribution in [0.15, 0.2) is 217 Å². The van der Waals surface area contributed by atoms with Crippen molar-refractivity contribution in [2.75, 3.05) is 4.90 Å². The second-order valence-corrected chi connectivity index (χ2v) is 16.3. The third kappa shape index (κ3) is 5.55. The molecule has 0 saturated heterocycles. The first kappa shape index (κ1) is 33.7. The first-order valence-corrected chi connectivity index (χ1v) is 20.9. The molecule has 276 valence electrons. The summed E-state index contributed by atoms with van der Waals surface area (Å²) in [4.78, 5) is 2.42. The summed E-state index contributed by atoms with van der Waals surface area (Å²) in [5.74, 6) is 0. The average molecular weight is 770 g/mol. The Morgan fingerprint density at radius 3 is 1.75 bits per heavy atom. The molecule has 2 aromatic heterocycles. The molecule has 0 saturated carbocycles. The van der Waals surface area contributed by atoms with Crippen molar-refractivity contribution in [1.29, 1.82) is 0 Å². The van der Waals surface area contributed by atoms with Gasteiger partial charge in [-0.1, -0.05) is 164 Å². The van der Waals surface area contributed by atoms with Gasteiger partial charge in [-0.15, -0.1) is 11.3 Å². The van der Waals surface area contributed by atoms with E-state index in [1.54, 1.807) is 0 Å². The molecule has 0 amide bonds. The van der Waals surface area contributed by atoms with E-state index in [4.69, 9.17) is 4.42 Å². The normalized spacial score (nSPS) is 11.7. The third-order valence-corrected chi connectivity index (χ3v) is 13.1. The Morgan fingerprint density at radius 2 is 0.915 bits per heavy atom. The number of para-hydroxylation sites is 1. The Labute approximate surface area is 345 Å². The minimum Gasteiger partial charge on any atom is -0.456 e. The molecule has 59 heavy (non-hydrogen) atoms. The van der Waals surface area contributed by atoms with E-state index in [2.05, 4.69) is 205 Å². The van der Waals surface area contributed by atoms with Crippen molar-refractivity contribution in [3.63, 3.8) is 0 Å². The van der Waals surface area contributed by atoms with E-state index in [-0.39, 0.29) is 0 Å². The van der Waals surface area contributed by atoms with E-state index < -0.39 is 0 Å². The molecule has 12 aromatic rings. The number of furan rings is 1. The van der Waals surface area contributed by atoms with Crippen molar-refractivity contribution in [3.05, 3.63) is 212 Å². The molecule has 0 spiro atoms. The number of thiophene rings is 1. The fourth-order valence-corrected chi connectivity index (χ4v) is 10.4. The Morgan fingerprint density at radius 1 is 0.339 bits per heavy atom. The number of fused-ring (bicyclic) bond motifs is 9. The van der Waals surface area contributed by atoms with Gasteiger partial charge in [0.2, 0.25) is 0 Å². The molecule has 3 heteroatoms. The van der Waals surface area contributed by atoms with Crippen molar-refractivity contribution >= 4 is 92.1 Å². The van der Waals surface area contributed by atoms with Gasteiger partial charge in [0, 0.05) is 37.6 Å². The molecule has 2 nitrogen and oxygen atoms in total. The van der Waals surface area contributed by atoms with E-state index in [0.29, 0.717) is 0 Å². The summed E-state index contributed by atoms with van der Waals surface area (Å²) in [6.07, 6.45) is 0. The molecule has 0 unspecified atom stereocenters. The molecular formula is C56H35NOS. The monoisotopic (exact) mass is 769 g/mol. The maximum Gasteiger partial charge on any atom is 0.136 e. The zero-order valence-corrected chi connectivity index (χ0v) is 32.8. The highest BCUT2D eigenvalue weighted by molar-refractivity contribution is 7.27. The van der Waals surface area contributed by atoms with Crippen LogP contribution in [0.25, 0.3) is 97.0 Å². The minimum atomic E-state index is 0.903. The van der Waals surface area contributed by atoms with Crippen LogP contribution in [0.3, 0.4) is 0 Å². The van der Waals surface area contributed by atoms with Crippen molar-refractivity contribution < 1.29 is 4.42 Å². The van der Waals surface area contributed by atoms with Crippen LogP contribution < -0.4 is 4.90 Å². The lowest BCUT2D eigenvalue weighted by Crippen LogP contribution is -2.10. The molecule has 10 aromatic carbocycles. The SMILES string of the molecule is c1ccc(-c2cccc3c2sc2c(N(c4ccc(-c5ccc6c(ccc7ccccc76)c5)cc4)c4ccc(-c5cccc6oc7ccccc7c56)cc4)cccc23)cc1. The van der Waals surface area contributed by atoms with Gasteiger partial charge in [0.05, 0.1) is 10.4 Å². The van der Waals surface area contributed by atoms with E-state index in [9.17, 15) is 0 Å². The highest BCUT2D eigenvalue weighted by Gasteiger charge is 2.20. The zero-order chi connectivity index (χ0) is 38.9. The van der Waals surface area contributed by atoms with Crippen molar-refractivity contribution in [1.82, 2.24) is 0 Å². The van der Waals surface area contributed by atoms with Gasteiger partial charge in [-0.2, -0.15) is 0 Å². The molecular weight excluding hydrogens is 735 g/mol. The van der Waals surface area contributed by atoms with Gasteiger partial charge in [0.1, 0.15) is 11.2 Å². The zero-order valence-electron chi connectivity index (χ0n) is 32.0. The average Bonchev–Trinajstić information content (AvgIpc) is 3.89. The Bertz CT molecular complexity index is 3540. The predicted molar refractivity (Wildman–Crippen MR) is 253 cm³/mol. The lowest BCUT2D eigenvalue weighted by Gasteiger charge is -2.26. The van der Waals surface area contributed by atoms with Crippen LogP contribution in [-0.2, 0) is 0 Å². The van der Waals surface area contributed by atoms with E-state index >= 15 is 0 Å². The van der Waals surface area contributed by atoms with Crippen LogP contribution in [-0.4, -0.2) is 0 Å². The van der Waals surface area contributed by atoms with Crippen molar-refractivity contribution in [3.8, 4) is 33.4 Å². The lowest BCUT2D eigenvalue weighted by molar-refractivity contribution is 0.669. The van der Waals surface area contributed by atoms with Crippen LogP contribution in [0.2, 0.25) is 0 Å². The molecule has 0 atom stereocenters. The highest BCUT2D eigenvalue weighted by atomic mass is 32.1. The summed E-state index contributed by atoms with van der Waals surface area (Å²) in [5, 5.41) is 9.91. The second kappa shape index (κ2) is 13.6. The quantitative estimate of drug-likeness (QED) is 0.157. The van der Waals surface area contributed by atoms with Crippen LogP contribution in [0.5, 0.6) is 0 Å². The molecule has 0 aliphatic carbocycles. The summed E-state index contributed by atoms with van der Waals surface area (Å²) >= 11 is 1.88. The first-order chi connectivity index (χ1) is 29.2. The van der Waals surface area contributed by atoms with Crippen LogP contribution in [0.4, 0.5) is 17.1 Å². The smallest absolute Gasteiger partial charge is 0.136 e. The Hall–Kier alpha value is -7.46.